The molecule has 1 atom stereocenters. The number of benzene rings is 1. The number of carbonyl (C=O) groups is 2. The molecule has 1 aliphatic heterocycles. The van der Waals surface area contributed by atoms with Crippen molar-refractivity contribution in [2.24, 2.45) is 5.92 Å². The van der Waals surface area contributed by atoms with E-state index in [-0.39, 0.29) is 30.5 Å². The summed E-state index contributed by atoms with van der Waals surface area (Å²) >= 11 is 0. The van der Waals surface area contributed by atoms with Crippen LogP contribution in [-0.2, 0) is 14.3 Å². The molecule has 0 N–H and O–H groups in total. The predicted octanol–water partition coefficient (Wildman–Crippen LogP) is 1.72. The van der Waals surface area contributed by atoms with E-state index in [4.69, 9.17) is 4.74 Å². The van der Waals surface area contributed by atoms with Crippen molar-refractivity contribution in [2.75, 3.05) is 44.8 Å². The Hall–Kier alpha value is -1.95. The molecular weight excluding hydrogens is 299 g/mol. The number of Topliss-reactive ketones (excluding diaryl/α,β-unsaturated/α-hetero) is 1. The zero-order chi connectivity index (χ0) is 16.8. The SMILES string of the molecule is COCC(CC(C)=O)C(=O)N1CCN(c2cccc(F)c2)CC1. The fraction of sp³-hybridized carbons (Fsp3) is 0.529. The molecule has 2 rings (SSSR count). The summed E-state index contributed by atoms with van der Waals surface area (Å²) in [6, 6.07) is 6.47. The number of ether oxygens (including phenoxy) is 1. The lowest BCUT2D eigenvalue weighted by atomic mass is 10.0. The number of ketones is 1. The standard InChI is InChI=1S/C17H23FN2O3/c1-13(21)10-14(12-23-2)17(22)20-8-6-19(7-9-20)16-5-3-4-15(18)11-16/h3-5,11,14H,6-10,12H2,1-2H3. The normalized spacial score (nSPS) is 16.3. The summed E-state index contributed by atoms with van der Waals surface area (Å²) in [6.07, 6.45) is 0.205. The third-order valence-corrected chi connectivity index (χ3v) is 4.02. The van der Waals surface area contributed by atoms with Crippen molar-refractivity contribution >= 4 is 17.4 Å². The van der Waals surface area contributed by atoms with E-state index >= 15 is 0 Å². The summed E-state index contributed by atoms with van der Waals surface area (Å²) < 4.78 is 18.4. The Labute approximate surface area is 136 Å². The van der Waals surface area contributed by atoms with E-state index in [1.165, 1.54) is 26.2 Å². The molecule has 0 aliphatic carbocycles. The van der Waals surface area contributed by atoms with Gasteiger partial charge in [0.2, 0.25) is 5.91 Å². The van der Waals surface area contributed by atoms with Crippen molar-refractivity contribution in [2.45, 2.75) is 13.3 Å². The number of anilines is 1. The summed E-state index contributed by atoms with van der Waals surface area (Å²) in [7, 11) is 1.53. The van der Waals surface area contributed by atoms with Gasteiger partial charge in [0.05, 0.1) is 12.5 Å². The first kappa shape index (κ1) is 17.4. The number of hydrogen-bond acceptors (Lipinski definition) is 4. The molecule has 1 fully saturated rings. The molecule has 1 saturated heterocycles. The summed E-state index contributed by atoms with van der Waals surface area (Å²) in [5.41, 5.74) is 0.828. The number of rotatable bonds is 6. The van der Waals surface area contributed by atoms with E-state index in [9.17, 15) is 14.0 Å². The van der Waals surface area contributed by atoms with Crippen LogP contribution in [0.15, 0.2) is 24.3 Å². The highest BCUT2D eigenvalue weighted by Gasteiger charge is 2.28. The number of piperazine rings is 1. The fourth-order valence-electron chi connectivity index (χ4n) is 2.88. The predicted molar refractivity (Wildman–Crippen MR) is 85.9 cm³/mol. The highest BCUT2D eigenvalue weighted by Crippen LogP contribution is 2.19. The number of amides is 1. The van der Waals surface area contributed by atoms with Gasteiger partial charge >= 0.3 is 0 Å². The van der Waals surface area contributed by atoms with Gasteiger partial charge in [-0.3, -0.25) is 4.79 Å². The number of nitrogens with zero attached hydrogens (tertiary/aromatic N) is 2. The van der Waals surface area contributed by atoms with E-state index in [2.05, 4.69) is 4.90 Å². The molecule has 1 aromatic rings. The Kier molecular flexibility index (Phi) is 6.10. The zero-order valence-corrected chi connectivity index (χ0v) is 13.6. The van der Waals surface area contributed by atoms with Crippen LogP contribution in [0.25, 0.3) is 0 Å². The maximum atomic E-state index is 13.3. The van der Waals surface area contributed by atoms with E-state index in [1.807, 2.05) is 6.07 Å². The monoisotopic (exact) mass is 322 g/mol. The highest BCUT2D eigenvalue weighted by molar-refractivity contribution is 5.86. The molecule has 0 bridgehead atoms. The lowest BCUT2D eigenvalue weighted by Gasteiger charge is -2.37. The maximum Gasteiger partial charge on any atom is 0.228 e. The van der Waals surface area contributed by atoms with E-state index < -0.39 is 5.92 Å². The summed E-state index contributed by atoms with van der Waals surface area (Å²) in [6.45, 7) is 4.16. The van der Waals surface area contributed by atoms with Gasteiger partial charge in [0.25, 0.3) is 0 Å². The largest absolute Gasteiger partial charge is 0.384 e. The molecule has 1 unspecified atom stereocenters. The topological polar surface area (TPSA) is 49.9 Å². The first-order valence-electron chi connectivity index (χ1n) is 7.79. The minimum absolute atomic E-state index is 0.0150. The first-order valence-corrected chi connectivity index (χ1v) is 7.79. The summed E-state index contributed by atoms with van der Waals surface area (Å²) in [5.74, 6) is -0.736. The van der Waals surface area contributed by atoms with Crippen LogP contribution in [0.3, 0.4) is 0 Å². The maximum absolute atomic E-state index is 13.3. The second kappa shape index (κ2) is 8.06. The fourth-order valence-corrected chi connectivity index (χ4v) is 2.88. The van der Waals surface area contributed by atoms with Crippen LogP contribution in [0.4, 0.5) is 10.1 Å². The molecule has 0 spiro atoms. The lowest BCUT2D eigenvalue weighted by molar-refractivity contribution is -0.139. The van der Waals surface area contributed by atoms with Crippen molar-refractivity contribution in [3.8, 4) is 0 Å². The number of hydrogen-bond donors (Lipinski definition) is 0. The van der Waals surface area contributed by atoms with Gasteiger partial charge in [0.1, 0.15) is 11.6 Å². The van der Waals surface area contributed by atoms with E-state index in [0.29, 0.717) is 26.2 Å². The Morgan fingerprint density at radius 1 is 1.26 bits per heavy atom. The lowest BCUT2D eigenvalue weighted by Crippen LogP contribution is -2.51. The Morgan fingerprint density at radius 3 is 2.52 bits per heavy atom. The summed E-state index contributed by atoms with van der Waals surface area (Å²) in [4.78, 5) is 27.7. The van der Waals surface area contributed by atoms with Crippen molar-refractivity contribution < 1.29 is 18.7 Å². The van der Waals surface area contributed by atoms with Gasteiger partial charge < -0.3 is 19.3 Å². The molecule has 1 aliphatic rings. The average molecular weight is 322 g/mol. The van der Waals surface area contributed by atoms with E-state index in [1.54, 1.807) is 11.0 Å². The summed E-state index contributed by atoms with van der Waals surface area (Å²) in [5, 5.41) is 0. The molecule has 5 nitrogen and oxygen atoms in total. The van der Waals surface area contributed by atoms with Gasteiger partial charge in [-0.15, -0.1) is 0 Å². The second-order valence-electron chi connectivity index (χ2n) is 5.85. The van der Waals surface area contributed by atoms with Crippen LogP contribution in [-0.4, -0.2) is 56.5 Å². The quantitative estimate of drug-likeness (QED) is 0.800. The van der Waals surface area contributed by atoms with Crippen LogP contribution in [0.2, 0.25) is 0 Å². The van der Waals surface area contributed by atoms with Gasteiger partial charge in [0, 0.05) is 45.4 Å². The minimum atomic E-state index is -0.418. The highest BCUT2D eigenvalue weighted by atomic mass is 19.1. The Bertz CT molecular complexity index is 557. The average Bonchev–Trinajstić information content (AvgIpc) is 2.53. The van der Waals surface area contributed by atoms with Crippen molar-refractivity contribution in [3.63, 3.8) is 0 Å². The smallest absolute Gasteiger partial charge is 0.228 e. The third-order valence-electron chi connectivity index (χ3n) is 4.02. The van der Waals surface area contributed by atoms with Crippen molar-refractivity contribution in [1.29, 1.82) is 0 Å². The molecule has 23 heavy (non-hydrogen) atoms. The minimum Gasteiger partial charge on any atom is -0.384 e. The van der Waals surface area contributed by atoms with Crippen LogP contribution in [0.1, 0.15) is 13.3 Å². The second-order valence-corrected chi connectivity index (χ2v) is 5.85. The van der Waals surface area contributed by atoms with Crippen LogP contribution >= 0.6 is 0 Å². The molecule has 0 aromatic heterocycles. The molecule has 0 radical (unpaired) electrons. The Morgan fingerprint density at radius 2 is 1.96 bits per heavy atom. The molecule has 0 saturated carbocycles. The van der Waals surface area contributed by atoms with Crippen LogP contribution < -0.4 is 4.90 Å². The molecular formula is C17H23FN2O3. The Balaban J connectivity index is 1.94. The first-order chi connectivity index (χ1) is 11.0. The zero-order valence-electron chi connectivity index (χ0n) is 13.6. The molecule has 126 valence electrons. The van der Waals surface area contributed by atoms with Gasteiger partial charge in [-0.1, -0.05) is 6.07 Å². The van der Waals surface area contributed by atoms with Crippen LogP contribution in [0, 0.1) is 11.7 Å². The van der Waals surface area contributed by atoms with Crippen molar-refractivity contribution in [1.82, 2.24) is 4.90 Å². The van der Waals surface area contributed by atoms with E-state index in [0.717, 1.165) is 5.69 Å². The van der Waals surface area contributed by atoms with Gasteiger partial charge in [-0.25, -0.2) is 4.39 Å². The number of halogens is 1. The van der Waals surface area contributed by atoms with Gasteiger partial charge in [-0.2, -0.15) is 0 Å². The van der Waals surface area contributed by atoms with Gasteiger partial charge in [0.15, 0.2) is 0 Å². The molecule has 1 aromatic carbocycles. The van der Waals surface area contributed by atoms with Gasteiger partial charge in [-0.05, 0) is 25.1 Å². The number of methoxy groups -OCH3 is 1. The van der Waals surface area contributed by atoms with Crippen molar-refractivity contribution in [3.05, 3.63) is 30.1 Å². The molecule has 1 amide bonds. The molecule has 1 heterocycles. The number of carbonyl (C=O) groups excluding carboxylic acids is 2. The third kappa shape index (κ3) is 4.76. The molecule has 6 heteroatoms. The van der Waals surface area contributed by atoms with Crippen LogP contribution in [0.5, 0.6) is 0 Å².